The first-order valence-corrected chi connectivity index (χ1v) is 15.7. The van der Waals surface area contributed by atoms with E-state index in [1.165, 1.54) is 30.0 Å². The second kappa shape index (κ2) is 14.5. The largest absolute Gasteiger partial charge is 0.495 e. The van der Waals surface area contributed by atoms with Crippen LogP contribution in [0.5, 0.6) is 5.75 Å². The Morgan fingerprint density at radius 3 is 2.60 bits per heavy atom. The number of nitrogens with zero attached hydrogens (tertiary/aromatic N) is 1. The molecule has 1 atom stereocenters. The Morgan fingerprint density at radius 1 is 1.10 bits per heavy atom. The molecule has 0 aliphatic carbocycles. The van der Waals surface area contributed by atoms with Crippen molar-refractivity contribution in [3.8, 4) is 5.75 Å². The maximum atomic E-state index is 13.5. The summed E-state index contributed by atoms with van der Waals surface area (Å²) in [6.07, 6.45) is 1.11. The molecule has 2 heterocycles. The predicted molar refractivity (Wildman–Crippen MR) is 173 cm³/mol. The van der Waals surface area contributed by atoms with Crippen LogP contribution < -0.4 is 20.7 Å². The highest BCUT2D eigenvalue weighted by Gasteiger charge is 2.31. The molecule has 1 aliphatic heterocycles. The van der Waals surface area contributed by atoms with E-state index in [0.29, 0.717) is 47.4 Å². The summed E-state index contributed by atoms with van der Waals surface area (Å²) in [5.41, 5.74) is 2.77. The molecule has 42 heavy (non-hydrogen) atoms. The Kier molecular flexibility index (Phi) is 10.8. The Bertz CT molecular complexity index is 1470. The molecule has 1 unspecified atom stereocenters. The molecule has 3 N–H and O–H groups in total. The van der Waals surface area contributed by atoms with Gasteiger partial charge in [0, 0.05) is 28.9 Å². The minimum atomic E-state index is -0.459. The van der Waals surface area contributed by atoms with Crippen LogP contribution in [0.15, 0.2) is 53.4 Å². The van der Waals surface area contributed by atoms with E-state index in [0.717, 1.165) is 26.7 Å². The van der Waals surface area contributed by atoms with Gasteiger partial charge in [-0.15, -0.1) is 23.1 Å². The number of methoxy groups -OCH3 is 1. The van der Waals surface area contributed by atoms with Crippen molar-refractivity contribution in [2.75, 3.05) is 36.2 Å². The molecule has 0 radical (unpaired) electrons. The zero-order valence-corrected chi connectivity index (χ0v) is 26.4. The molecule has 2 amide bonds. The van der Waals surface area contributed by atoms with Gasteiger partial charge in [0.25, 0.3) is 0 Å². The Labute approximate surface area is 259 Å². The molecule has 2 aromatic carbocycles. The topological polar surface area (TPSA) is 109 Å². The van der Waals surface area contributed by atoms with Crippen LogP contribution in [0, 0.1) is 0 Å². The average Bonchev–Trinajstić information content (AvgIpc) is 3.33. The maximum Gasteiger partial charge on any atom is 0.341 e. The number of thiophene rings is 1. The number of carbonyl (C=O) groups is 3. The summed E-state index contributed by atoms with van der Waals surface area (Å²) in [5, 5.41) is 9.80. The minimum absolute atomic E-state index is 0.0205. The van der Waals surface area contributed by atoms with Crippen LogP contribution in [0.2, 0.25) is 0 Å². The van der Waals surface area contributed by atoms with Crippen molar-refractivity contribution in [2.45, 2.75) is 50.3 Å². The smallest absolute Gasteiger partial charge is 0.341 e. The summed E-state index contributed by atoms with van der Waals surface area (Å²) in [6.45, 7) is 6.39. The normalized spacial score (nSPS) is 13.0. The number of rotatable bonds is 10. The quantitative estimate of drug-likeness (QED) is 0.139. The third-order valence-corrected chi connectivity index (χ3v) is 9.30. The van der Waals surface area contributed by atoms with Crippen LogP contribution in [0.4, 0.5) is 16.4 Å². The van der Waals surface area contributed by atoms with Gasteiger partial charge in [0.1, 0.15) is 10.8 Å². The lowest BCUT2D eigenvalue weighted by molar-refractivity contribution is -0.129. The van der Waals surface area contributed by atoms with Crippen molar-refractivity contribution in [3.63, 3.8) is 0 Å². The summed E-state index contributed by atoms with van der Waals surface area (Å²) < 4.78 is 10.7. The van der Waals surface area contributed by atoms with Gasteiger partial charge < -0.3 is 30.3 Å². The summed E-state index contributed by atoms with van der Waals surface area (Å²) in [6, 6.07) is 15.2. The Morgan fingerprint density at radius 2 is 1.88 bits per heavy atom. The predicted octanol–water partition coefficient (Wildman–Crippen LogP) is 6.16. The summed E-state index contributed by atoms with van der Waals surface area (Å²) >= 11 is 8.26. The van der Waals surface area contributed by atoms with E-state index >= 15 is 0 Å². The van der Waals surface area contributed by atoms with Gasteiger partial charge in [-0.3, -0.25) is 9.59 Å². The third kappa shape index (κ3) is 7.61. The molecule has 3 aromatic rings. The van der Waals surface area contributed by atoms with Crippen LogP contribution in [0.25, 0.3) is 0 Å². The number of anilines is 3. The number of carbonyl (C=O) groups excluding carboxylic acids is 3. The molecule has 0 bridgehead atoms. The molecule has 0 fully saturated rings. The molecule has 0 saturated heterocycles. The number of thioether (sulfide) groups is 1. The second-order valence-corrected chi connectivity index (χ2v) is 12.2. The number of benzene rings is 2. The molecule has 9 nitrogen and oxygen atoms in total. The zero-order chi connectivity index (χ0) is 30.2. The highest BCUT2D eigenvalue weighted by molar-refractivity contribution is 8.00. The number of nitrogens with one attached hydrogen (secondary N) is 3. The summed E-state index contributed by atoms with van der Waals surface area (Å²) in [7, 11) is 1.60. The van der Waals surface area contributed by atoms with Crippen molar-refractivity contribution >= 4 is 74.6 Å². The van der Waals surface area contributed by atoms with Crippen LogP contribution >= 0.6 is 35.3 Å². The molecule has 0 spiro atoms. The van der Waals surface area contributed by atoms with Crippen molar-refractivity contribution in [1.29, 1.82) is 0 Å². The van der Waals surface area contributed by atoms with Crippen molar-refractivity contribution in [3.05, 3.63) is 64.5 Å². The molecule has 0 saturated carbocycles. The average molecular weight is 627 g/mol. The van der Waals surface area contributed by atoms with E-state index in [1.807, 2.05) is 55.5 Å². The molecule has 1 aromatic heterocycles. The number of para-hydroxylation sites is 2. The molecular formula is C30H34N4O5S3. The van der Waals surface area contributed by atoms with E-state index in [4.69, 9.17) is 21.7 Å². The zero-order valence-electron chi connectivity index (χ0n) is 23.9. The van der Waals surface area contributed by atoms with Gasteiger partial charge in [-0.1, -0.05) is 25.1 Å². The third-order valence-electron chi connectivity index (χ3n) is 6.61. The van der Waals surface area contributed by atoms with Gasteiger partial charge in [-0.2, -0.15) is 0 Å². The van der Waals surface area contributed by atoms with Gasteiger partial charge in [0.05, 0.1) is 36.8 Å². The number of hydrogen-bond acceptors (Lipinski definition) is 8. The van der Waals surface area contributed by atoms with E-state index in [1.54, 1.807) is 18.9 Å². The number of hydrogen-bond donors (Lipinski definition) is 3. The van der Waals surface area contributed by atoms with E-state index in [2.05, 4.69) is 16.0 Å². The van der Waals surface area contributed by atoms with Gasteiger partial charge in [0.2, 0.25) is 11.8 Å². The second-order valence-electron chi connectivity index (χ2n) is 9.43. The molecule has 1 aliphatic rings. The number of fused-ring (bicyclic) bond motifs is 1. The van der Waals surface area contributed by atoms with Crippen LogP contribution in [-0.2, 0) is 27.3 Å². The van der Waals surface area contributed by atoms with E-state index < -0.39 is 11.2 Å². The van der Waals surface area contributed by atoms with Gasteiger partial charge in [0.15, 0.2) is 5.11 Å². The Hall–Kier alpha value is -3.61. The lowest BCUT2D eigenvalue weighted by Gasteiger charge is -2.25. The van der Waals surface area contributed by atoms with Gasteiger partial charge >= 0.3 is 5.97 Å². The Balaban J connectivity index is 1.46. The molecule has 4 rings (SSSR count). The standard InChI is InChI=1S/C30H34N4O5S3/c1-5-24(41-20-11-9-10-19(16-20)31-30(40)32-22-12-7-8-13-23(22)38-4)27(36)33-28-26(29(37)39-6-2)21-14-15-34(18(3)35)17-25(21)42-28/h7-13,16,24H,5-6,14-15,17H2,1-4H3,(H,33,36)(H2,31,32,40). The van der Waals surface area contributed by atoms with Crippen molar-refractivity contribution in [2.24, 2.45) is 0 Å². The lowest BCUT2D eigenvalue weighted by Crippen LogP contribution is -2.34. The first-order chi connectivity index (χ1) is 20.2. The SMILES string of the molecule is CCOC(=O)c1c(NC(=O)C(CC)Sc2cccc(NC(=S)Nc3ccccc3OC)c2)sc2c1CCN(C(C)=O)C2. The summed E-state index contributed by atoms with van der Waals surface area (Å²) in [4.78, 5) is 41.9. The number of ether oxygens (including phenoxy) is 2. The fourth-order valence-electron chi connectivity index (χ4n) is 4.54. The van der Waals surface area contributed by atoms with Crippen LogP contribution in [0.1, 0.15) is 48.0 Å². The lowest BCUT2D eigenvalue weighted by atomic mass is 10.0. The number of esters is 1. The number of thiocarbonyl (C=S) groups is 1. The maximum absolute atomic E-state index is 13.5. The molecule has 12 heteroatoms. The minimum Gasteiger partial charge on any atom is -0.495 e. The highest BCUT2D eigenvalue weighted by atomic mass is 32.2. The fraction of sp³-hybridized carbons (Fsp3) is 0.333. The van der Waals surface area contributed by atoms with E-state index in [9.17, 15) is 14.4 Å². The van der Waals surface area contributed by atoms with E-state index in [-0.39, 0.29) is 18.4 Å². The molecule has 222 valence electrons. The summed E-state index contributed by atoms with van der Waals surface area (Å²) in [5.74, 6) is -0.00925. The van der Waals surface area contributed by atoms with Gasteiger partial charge in [-0.05, 0) is 67.9 Å². The number of amides is 2. The van der Waals surface area contributed by atoms with Crippen molar-refractivity contribution < 1.29 is 23.9 Å². The first kappa shape index (κ1) is 31.3. The highest BCUT2D eigenvalue weighted by Crippen LogP contribution is 2.39. The molecular weight excluding hydrogens is 593 g/mol. The first-order valence-electron chi connectivity index (χ1n) is 13.6. The van der Waals surface area contributed by atoms with Crippen LogP contribution in [-0.4, -0.2) is 53.3 Å². The van der Waals surface area contributed by atoms with Crippen LogP contribution in [0.3, 0.4) is 0 Å². The monoisotopic (exact) mass is 626 g/mol. The van der Waals surface area contributed by atoms with Gasteiger partial charge in [-0.25, -0.2) is 4.79 Å². The van der Waals surface area contributed by atoms with Crippen molar-refractivity contribution in [1.82, 2.24) is 4.90 Å². The fourth-order valence-corrected chi connectivity index (χ4v) is 7.03.